The molecule has 0 spiro atoms. The molecule has 0 radical (unpaired) electrons. The summed E-state index contributed by atoms with van der Waals surface area (Å²) in [6.45, 7) is 0.452. The summed E-state index contributed by atoms with van der Waals surface area (Å²) in [6.07, 6.45) is 3.32. The Morgan fingerprint density at radius 2 is 1.61 bits per heavy atom. The minimum absolute atomic E-state index is 0.397. The zero-order chi connectivity index (χ0) is 21.0. The van der Waals surface area contributed by atoms with Gasteiger partial charge in [-0.05, 0) is 23.8 Å². The Balaban J connectivity index is 1.54. The molecule has 0 aliphatic carbocycles. The second kappa shape index (κ2) is 8.41. The zero-order valence-electron chi connectivity index (χ0n) is 16.4. The molecule has 0 saturated carbocycles. The van der Waals surface area contributed by atoms with Crippen LogP contribution in [0.5, 0.6) is 0 Å². The van der Waals surface area contributed by atoms with E-state index in [4.69, 9.17) is 9.40 Å². The molecule has 0 bridgehead atoms. The quantitative estimate of drug-likeness (QED) is 0.403. The Bertz CT molecular complexity index is 1340. The molecule has 5 aromatic rings. The number of nitrogens with zero attached hydrogens (tertiary/aromatic N) is 3. The number of hydrogen-bond donors (Lipinski definition) is 1. The summed E-state index contributed by atoms with van der Waals surface area (Å²) in [5.74, 6) is 1.83. The van der Waals surface area contributed by atoms with Crippen LogP contribution in [0, 0.1) is 0 Å². The molecule has 0 aliphatic heterocycles. The monoisotopic (exact) mass is 426 g/mol. The summed E-state index contributed by atoms with van der Waals surface area (Å²) in [7, 11) is 0. The molecule has 0 atom stereocenters. The first kappa shape index (κ1) is 19.0. The Kier molecular flexibility index (Phi) is 5.16. The minimum atomic E-state index is -0.397. The summed E-state index contributed by atoms with van der Waals surface area (Å²) in [6, 6.07) is 25.4. The molecule has 3 heterocycles. The smallest absolute Gasteiger partial charge is 0.355 e. The van der Waals surface area contributed by atoms with E-state index in [0.717, 1.165) is 26.8 Å². The van der Waals surface area contributed by atoms with Gasteiger partial charge in [0, 0.05) is 11.8 Å². The topological polar surface area (TPSA) is 73.0 Å². The minimum Gasteiger partial charge on any atom is -0.467 e. The van der Waals surface area contributed by atoms with Crippen molar-refractivity contribution >= 4 is 17.2 Å². The van der Waals surface area contributed by atoms with Crippen LogP contribution in [0.4, 0.5) is 5.82 Å². The van der Waals surface area contributed by atoms with Crippen LogP contribution in [0.2, 0.25) is 0 Å². The first-order chi connectivity index (χ1) is 15.3. The predicted molar refractivity (Wildman–Crippen MR) is 122 cm³/mol. The normalized spacial score (nSPS) is 10.8. The Labute approximate surface area is 182 Å². The van der Waals surface area contributed by atoms with Crippen molar-refractivity contribution in [1.29, 1.82) is 0 Å². The van der Waals surface area contributed by atoms with Gasteiger partial charge < -0.3 is 9.73 Å². The van der Waals surface area contributed by atoms with E-state index in [1.165, 1.54) is 4.57 Å². The summed E-state index contributed by atoms with van der Waals surface area (Å²) in [4.78, 5) is 22.8. The van der Waals surface area contributed by atoms with Crippen molar-refractivity contribution in [2.75, 3.05) is 5.32 Å². The number of benzene rings is 2. The average Bonchev–Trinajstić information content (AvgIpc) is 3.49. The van der Waals surface area contributed by atoms with Crippen molar-refractivity contribution in [3.05, 3.63) is 108 Å². The fourth-order valence-corrected chi connectivity index (χ4v) is 4.28. The lowest BCUT2D eigenvalue weighted by molar-refractivity contribution is 0.517. The van der Waals surface area contributed by atoms with E-state index in [0.29, 0.717) is 18.2 Å². The van der Waals surface area contributed by atoms with E-state index in [1.807, 2.05) is 72.8 Å². The molecule has 3 aromatic heterocycles. The van der Waals surface area contributed by atoms with Gasteiger partial charge in [-0.15, -0.1) is 11.3 Å². The lowest BCUT2D eigenvalue weighted by atomic mass is 10.2. The van der Waals surface area contributed by atoms with E-state index in [-0.39, 0.29) is 0 Å². The number of aromatic nitrogens is 3. The van der Waals surface area contributed by atoms with Gasteiger partial charge in [-0.1, -0.05) is 60.7 Å². The van der Waals surface area contributed by atoms with Crippen LogP contribution in [-0.4, -0.2) is 14.5 Å². The predicted octanol–water partition coefficient (Wildman–Crippen LogP) is 5.23. The van der Waals surface area contributed by atoms with Gasteiger partial charge in [0.25, 0.3) is 0 Å². The summed E-state index contributed by atoms with van der Waals surface area (Å²) >= 11 is 1.56. The second-order valence-corrected chi connectivity index (χ2v) is 7.80. The largest absolute Gasteiger partial charge is 0.467 e. The molecule has 0 fully saturated rings. The van der Waals surface area contributed by atoms with Gasteiger partial charge in [0.05, 0.1) is 17.7 Å². The van der Waals surface area contributed by atoms with Crippen LogP contribution in [0.25, 0.3) is 26.8 Å². The fraction of sp³-hybridized carbons (Fsp3) is 0.0417. The lowest BCUT2D eigenvalue weighted by Crippen LogP contribution is -2.22. The summed E-state index contributed by atoms with van der Waals surface area (Å²) in [5, 5.41) is 3.96. The van der Waals surface area contributed by atoms with E-state index in [1.54, 1.807) is 29.9 Å². The van der Waals surface area contributed by atoms with E-state index >= 15 is 0 Å². The van der Waals surface area contributed by atoms with Crippen molar-refractivity contribution in [1.82, 2.24) is 14.5 Å². The molecule has 6 nitrogen and oxygen atoms in total. The molecule has 2 aromatic carbocycles. The molecule has 0 aliphatic rings. The third-order valence-corrected chi connectivity index (χ3v) is 5.86. The molecule has 7 heteroatoms. The molecule has 0 amide bonds. The van der Waals surface area contributed by atoms with Crippen molar-refractivity contribution in [2.24, 2.45) is 0 Å². The van der Waals surface area contributed by atoms with Crippen LogP contribution in [0.3, 0.4) is 0 Å². The van der Waals surface area contributed by atoms with Gasteiger partial charge in [-0.3, -0.25) is 4.57 Å². The van der Waals surface area contributed by atoms with Crippen LogP contribution in [0.15, 0.2) is 101 Å². The Hall–Kier alpha value is -3.97. The van der Waals surface area contributed by atoms with Crippen molar-refractivity contribution in [3.63, 3.8) is 0 Å². The van der Waals surface area contributed by atoms with E-state index < -0.39 is 5.69 Å². The third kappa shape index (κ3) is 4.04. The second-order valence-electron chi connectivity index (χ2n) is 6.80. The number of hydrogen-bond acceptors (Lipinski definition) is 6. The lowest BCUT2D eigenvalue weighted by Gasteiger charge is -2.07. The third-order valence-electron chi connectivity index (χ3n) is 4.72. The highest BCUT2D eigenvalue weighted by atomic mass is 32.1. The van der Waals surface area contributed by atoms with Crippen LogP contribution in [0.1, 0.15) is 5.76 Å². The van der Waals surface area contributed by atoms with Gasteiger partial charge >= 0.3 is 5.69 Å². The highest BCUT2D eigenvalue weighted by Gasteiger charge is 2.17. The zero-order valence-corrected chi connectivity index (χ0v) is 17.3. The maximum absolute atomic E-state index is 12.9. The summed E-state index contributed by atoms with van der Waals surface area (Å²) in [5.41, 5.74) is 1.62. The first-order valence-electron chi connectivity index (χ1n) is 9.76. The fourth-order valence-electron chi connectivity index (χ4n) is 3.21. The highest BCUT2D eigenvalue weighted by Crippen LogP contribution is 2.36. The highest BCUT2D eigenvalue weighted by molar-refractivity contribution is 7.18. The van der Waals surface area contributed by atoms with Gasteiger partial charge in [0.15, 0.2) is 5.82 Å². The number of furan rings is 1. The number of thiazole rings is 1. The molecule has 31 heavy (non-hydrogen) atoms. The molecular weight excluding hydrogens is 408 g/mol. The Morgan fingerprint density at radius 3 is 2.29 bits per heavy atom. The number of anilines is 1. The van der Waals surface area contributed by atoms with Gasteiger partial charge in [0.2, 0.25) is 0 Å². The molecule has 152 valence electrons. The van der Waals surface area contributed by atoms with Crippen LogP contribution >= 0.6 is 11.3 Å². The van der Waals surface area contributed by atoms with Gasteiger partial charge in [-0.25, -0.2) is 9.78 Å². The maximum Gasteiger partial charge on any atom is 0.355 e. The van der Waals surface area contributed by atoms with Gasteiger partial charge in [-0.2, -0.15) is 4.98 Å². The first-order valence-corrected chi connectivity index (χ1v) is 10.6. The Morgan fingerprint density at radius 1 is 0.871 bits per heavy atom. The van der Waals surface area contributed by atoms with E-state index in [2.05, 4.69) is 10.3 Å². The SMILES string of the molecule is O=c1nc(NCc2ccco2)ccn1-c1nc(-c2ccccc2)sc1-c1ccccc1. The van der Waals surface area contributed by atoms with Gasteiger partial charge in [0.1, 0.15) is 16.6 Å². The van der Waals surface area contributed by atoms with Crippen molar-refractivity contribution in [2.45, 2.75) is 6.54 Å². The molecular formula is C24H18N4O2S. The standard InChI is InChI=1S/C24H18N4O2S/c29-24-26-20(25-16-19-12-7-15-30-19)13-14-28(24)22-21(17-8-3-1-4-9-17)31-23(27-22)18-10-5-2-6-11-18/h1-15H,16H2,(H,25,26,29). The van der Waals surface area contributed by atoms with Crippen molar-refractivity contribution in [3.8, 4) is 26.8 Å². The van der Waals surface area contributed by atoms with Crippen LogP contribution < -0.4 is 11.0 Å². The van der Waals surface area contributed by atoms with E-state index in [9.17, 15) is 4.79 Å². The summed E-state index contributed by atoms with van der Waals surface area (Å²) < 4.78 is 6.80. The average molecular weight is 427 g/mol. The molecule has 0 saturated heterocycles. The molecule has 0 unspecified atom stereocenters. The number of rotatable bonds is 6. The van der Waals surface area contributed by atoms with Crippen LogP contribution in [-0.2, 0) is 6.54 Å². The molecule has 5 rings (SSSR count). The molecule has 1 N–H and O–H groups in total. The number of nitrogens with one attached hydrogen (secondary N) is 1. The maximum atomic E-state index is 12.9. The van der Waals surface area contributed by atoms with Crippen molar-refractivity contribution < 1.29 is 4.42 Å².